The van der Waals surface area contributed by atoms with Gasteiger partial charge in [0, 0.05) is 10.8 Å². The first-order chi connectivity index (χ1) is 22.0. The van der Waals surface area contributed by atoms with Crippen molar-refractivity contribution in [2.45, 2.75) is 99.8 Å². The molecule has 0 radical (unpaired) electrons. The summed E-state index contributed by atoms with van der Waals surface area (Å²) in [5, 5.41) is 5.57. The molecular weight excluding hydrogens is 722 g/mol. The van der Waals surface area contributed by atoms with Crippen LogP contribution in [-0.4, -0.2) is 3.71 Å². The van der Waals surface area contributed by atoms with E-state index in [0.29, 0.717) is 11.3 Å². The van der Waals surface area contributed by atoms with Crippen molar-refractivity contribution < 1.29 is 53.4 Å². The van der Waals surface area contributed by atoms with Gasteiger partial charge < -0.3 is 24.8 Å². The molecular formula is C45H51Cl2FZr-2. The maximum atomic E-state index is 12.2. The van der Waals surface area contributed by atoms with Crippen molar-refractivity contribution in [3.8, 4) is 0 Å². The Labute approximate surface area is 322 Å². The molecule has 7 rings (SSSR count). The van der Waals surface area contributed by atoms with Crippen molar-refractivity contribution in [1.82, 2.24) is 0 Å². The fourth-order valence-electron chi connectivity index (χ4n) is 7.64. The van der Waals surface area contributed by atoms with Gasteiger partial charge >= 0.3 is 68.0 Å². The van der Waals surface area contributed by atoms with Gasteiger partial charge in [0.1, 0.15) is 0 Å². The van der Waals surface area contributed by atoms with Crippen molar-refractivity contribution in [2.24, 2.45) is 11.3 Å². The van der Waals surface area contributed by atoms with Gasteiger partial charge in [-0.2, -0.15) is 11.6 Å². The third-order valence-corrected chi connectivity index (χ3v) is 10.9. The van der Waals surface area contributed by atoms with E-state index < -0.39 is 0 Å². The van der Waals surface area contributed by atoms with Crippen molar-refractivity contribution in [3.05, 3.63) is 124 Å². The number of hydrogen-bond acceptors (Lipinski definition) is 0. The molecule has 0 saturated heterocycles. The zero-order valence-corrected chi connectivity index (χ0v) is 35.1. The van der Waals surface area contributed by atoms with Gasteiger partial charge in [-0.15, -0.1) is 39.7 Å². The van der Waals surface area contributed by atoms with E-state index in [1.807, 2.05) is 3.71 Å². The maximum absolute atomic E-state index is 12.2. The molecule has 0 bridgehead atoms. The minimum absolute atomic E-state index is 0. The zero-order valence-electron chi connectivity index (χ0n) is 31.1. The number of halogens is 3. The Morgan fingerprint density at radius 1 is 0.816 bits per heavy atom. The zero-order chi connectivity index (χ0) is 34.5. The Morgan fingerprint density at radius 3 is 1.65 bits per heavy atom. The molecule has 258 valence electrons. The Hall–Kier alpha value is -2.25. The first-order valence-corrected chi connectivity index (χ1v) is 18.6. The van der Waals surface area contributed by atoms with E-state index in [9.17, 15) is 4.39 Å². The molecule has 1 unspecified atom stereocenters. The van der Waals surface area contributed by atoms with Crippen LogP contribution in [-0.2, 0) is 35.1 Å². The number of fused-ring (bicyclic) bond motifs is 5. The van der Waals surface area contributed by atoms with Crippen LogP contribution in [0.3, 0.4) is 0 Å². The largest absolute Gasteiger partial charge is 1.00 e. The molecule has 4 aromatic carbocycles. The van der Waals surface area contributed by atoms with E-state index in [1.54, 1.807) is 12.1 Å². The number of benzene rings is 3. The topological polar surface area (TPSA) is 0 Å². The van der Waals surface area contributed by atoms with Gasteiger partial charge in [0.05, 0.1) is 0 Å². The minimum Gasteiger partial charge on any atom is -1.00 e. The maximum Gasteiger partial charge on any atom is -1.00 e. The van der Waals surface area contributed by atoms with Crippen LogP contribution in [0.4, 0.5) is 4.39 Å². The summed E-state index contributed by atoms with van der Waals surface area (Å²) in [5.41, 5.74) is 13.2. The van der Waals surface area contributed by atoms with Gasteiger partial charge in [-0.3, -0.25) is 6.08 Å². The first kappa shape index (κ1) is 41.2. The van der Waals surface area contributed by atoms with Crippen LogP contribution in [0, 0.1) is 23.2 Å². The molecule has 0 spiro atoms. The van der Waals surface area contributed by atoms with Crippen LogP contribution in [0.2, 0.25) is 0 Å². The standard InChI is InChI=1S/C25H25.C13H21.C7H5F.2ClH.Zr/c1-14-12-24(3,4)22-8-16-7-17-9-23-19(15(2)13-25(23,5)6)11-21(17)20(16)10-18(14)22;1-6-10-8-11(7-2)12(9-10)13(3,4)5;1-6-2-4-7(8)5-3-6;;;/h7-13H,1-6H3;9-10H,6-7H2,1-5H3;1-5H;2*1H;/q2*-1;;;;+2/p-2. The van der Waals surface area contributed by atoms with Gasteiger partial charge in [-0.1, -0.05) is 122 Å². The van der Waals surface area contributed by atoms with E-state index in [-0.39, 0.29) is 41.5 Å². The van der Waals surface area contributed by atoms with E-state index in [0.717, 1.165) is 12.0 Å². The molecule has 0 aromatic heterocycles. The predicted octanol–water partition coefficient (Wildman–Crippen LogP) is 6.77. The van der Waals surface area contributed by atoms with Gasteiger partial charge in [-0.25, -0.2) is 5.57 Å². The van der Waals surface area contributed by atoms with Gasteiger partial charge in [0.25, 0.3) is 0 Å². The predicted molar refractivity (Wildman–Crippen MR) is 200 cm³/mol. The Kier molecular flexibility index (Phi) is 13.1. The minimum atomic E-state index is -0.170. The van der Waals surface area contributed by atoms with Crippen LogP contribution in [0.5, 0.6) is 0 Å². The summed E-state index contributed by atoms with van der Waals surface area (Å²) in [5.74, 6) is 0.403. The molecule has 3 aliphatic carbocycles. The molecule has 0 saturated carbocycles. The van der Waals surface area contributed by atoms with E-state index in [2.05, 4.69) is 131 Å². The van der Waals surface area contributed by atoms with Gasteiger partial charge in [0.15, 0.2) is 0 Å². The normalized spacial score (nSPS) is 18.0. The second kappa shape index (κ2) is 15.6. The fourth-order valence-corrected chi connectivity index (χ4v) is 8.11. The van der Waals surface area contributed by atoms with Gasteiger partial charge in [0.2, 0.25) is 0 Å². The van der Waals surface area contributed by atoms with Crippen LogP contribution in [0.25, 0.3) is 32.7 Å². The first-order valence-electron chi connectivity index (χ1n) is 17.2. The van der Waals surface area contributed by atoms with Crippen LogP contribution in [0.15, 0.2) is 84.0 Å². The molecule has 0 fully saturated rings. The summed E-state index contributed by atoms with van der Waals surface area (Å²) in [6, 6.07) is 18.6. The second-order valence-corrected chi connectivity index (χ2v) is 16.4. The Morgan fingerprint density at radius 2 is 1.29 bits per heavy atom. The van der Waals surface area contributed by atoms with E-state index in [1.165, 1.54) is 109 Å². The summed E-state index contributed by atoms with van der Waals surface area (Å²) < 4.78 is 14.2. The van der Waals surface area contributed by atoms with Crippen LogP contribution >= 0.6 is 0 Å². The quantitative estimate of drug-likeness (QED) is 0.202. The van der Waals surface area contributed by atoms with Crippen LogP contribution in [0.1, 0.15) is 117 Å². The summed E-state index contributed by atoms with van der Waals surface area (Å²) in [6.45, 7) is 25.1. The molecule has 0 nitrogen and oxygen atoms in total. The van der Waals surface area contributed by atoms with Gasteiger partial charge in [-0.05, 0) is 36.1 Å². The molecule has 3 aliphatic rings. The summed E-state index contributed by atoms with van der Waals surface area (Å²) in [4.78, 5) is 0. The molecule has 1 atom stereocenters. The van der Waals surface area contributed by atoms with Crippen LogP contribution < -0.4 is 24.8 Å². The SMILES string of the molecule is CC1=CC(C)(C)c2cc3[cH-]c4cc5c(cc4c3cc21)C(C)=CC5(C)C.CCC1=[C-]C(CC)C=C1C(C)(C)C.Fc1ccc([CH]=[Zr+2])cc1.[Cl-].[Cl-]. The number of rotatable bonds is 3. The average Bonchev–Trinajstić information content (AvgIpc) is 3.72. The molecule has 0 amide bonds. The Balaban J connectivity index is 0.000000229. The van der Waals surface area contributed by atoms with Crippen molar-refractivity contribution in [1.29, 1.82) is 0 Å². The molecule has 0 heterocycles. The third-order valence-electron chi connectivity index (χ3n) is 10.1. The third kappa shape index (κ3) is 8.46. The Bertz CT molecular complexity index is 1880. The fraction of sp³-hybridized carbons (Fsp3) is 0.378. The van der Waals surface area contributed by atoms with E-state index in [4.69, 9.17) is 0 Å². The molecule has 49 heavy (non-hydrogen) atoms. The summed E-state index contributed by atoms with van der Waals surface area (Å²) in [7, 11) is 0. The van der Waals surface area contributed by atoms with Crippen molar-refractivity contribution in [2.75, 3.05) is 0 Å². The average molecular weight is 773 g/mol. The van der Waals surface area contributed by atoms with Crippen molar-refractivity contribution >= 4 is 36.4 Å². The second-order valence-electron chi connectivity index (χ2n) is 15.7. The molecule has 0 N–H and O–H groups in total. The summed E-state index contributed by atoms with van der Waals surface area (Å²) >= 11 is 1.34. The summed E-state index contributed by atoms with van der Waals surface area (Å²) in [6.07, 6.45) is 13.1. The number of hydrogen-bond donors (Lipinski definition) is 0. The van der Waals surface area contributed by atoms with E-state index >= 15 is 0 Å². The smallest absolute Gasteiger partial charge is 1.00 e. The molecule has 4 heteroatoms. The van der Waals surface area contributed by atoms with Crippen molar-refractivity contribution in [3.63, 3.8) is 0 Å². The number of allylic oxidation sites excluding steroid dienone is 8. The molecule has 4 aromatic rings. The monoisotopic (exact) mass is 770 g/mol. The molecule has 0 aliphatic heterocycles.